The quantitative estimate of drug-likeness (QED) is 0.290. The average molecular weight is 481 g/mol. The van der Waals surface area contributed by atoms with Gasteiger partial charge in [0.2, 0.25) is 11.8 Å². The molecule has 0 spiro atoms. The van der Waals surface area contributed by atoms with Crippen molar-refractivity contribution in [2.45, 2.75) is 57.0 Å². The van der Waals surface area contributed by atoms with Crippen LogP contribution >= 0.6 is 35.0 Å². The summed E-state index contributed by atoms with van der Waals surface area (Å²) in [4.78, 5) is 28.8. The topological polar surface area (TPSA) is 49.4 Å². The minimum Gasteiger partial charge on any atom is -0.354 e. The molecule has 1 N–H and O–H groups in total. The minimum absolute atomic E-state index is 0.0334. The van der Waals surface area contributed by atoms with Crippen molar-refractivity contribution < 1.29 is 9.59 Å². The molecule has 0 aromatic heterocycles. The highest BCUT2D eigenvalue weighted by Gasteiger charge is 2.28. The van der Waals surface area contributed by atoms with Gasteiger partial charge in [-0.25, -0.2) is 0 Å². The molecule has 2 amide bonds. The van der Waals surface area contributed by atoms with Crippen molar-refractivity contribution in [1.82, 2.24) is 10.2 Å². The third kappa shape index (κ3) is 8.76. The predicted molar refractivity (Wildman–Crippen MR) is 131 cm³/mol. The van der Waals surface area contributed by atoms with Crippen LogP contribution in [0.3, 0.4) is 0 Å². The monoisotopic (exact) mass is 480 g/mol. The summed E-state index contributed by atoms with van der Waals surface area (Å²) in [6.45, 7) is 5.02. The van der Waals surface area contributed by atoms with Gasteiger partial charge < -0.3 is 10.2 Å². The Kier molecular flexibility index (Phi) is 11.3. The Morgan fingerprint density at radius 3 is 2.19 bits per heavy atom. The van der Waals surface area contributed by atoms with Gasteiger partial charge in [-0.2, -0.15) is 0 Å². The third-order valence-corrected chi connectivity index (χ3v) is 6.40. The maximum Gasteiger partial charge on any atom is 0.242 e. The van der Waals surface area contributed by atoms with Crippen molar-refractivity contribution in [1.29, 1.82) is 0 Å². The van der Waals surface area contributed by atoms with E-state index in [2.05, 4.69) is 12.2 Å². The van der Waals surface area contributed by atoms with Crippen LogP contribution in [-0.2, 0) is 16.1 Å². The standard InChI is InChI=1S/C24H30Cl2N2O2S/c1-3-5-15-27-24(30)22(4-2)28(17-18-6-8-19(25)9-7-18)23(29)14-16-31-21-12-10-20(26)11-13-21/h6-13,22H,3-5,14-17H2,1-2H3,(H,27,30)/t22-/m0/s1. The second-order valence-electron chi connectivity index (χ2n) is 7.27. The Morgan fingerprint density at radius 1 is 1.00 bits per heavy atom. The molecule has 0 aliphatic heterocycles. The molecule has 0 aliphatic rings. The number of rotatable bonds is 12. The average Bonchev–Trinajstić information content (AvgIpc) is 2.76. The molecule has 0 heterocycles. The Hall–Kier alpha value is -1.69. The highest BCUT2D eigenvalue weighted by Crippen LogP contribution is 2.22. The lowest BCUT2D eigenvalue weighted by molar-refractivity contribution is -0.141. The number of benzene rings is 2. The van der Waals surface area contributed by atoms with Gasteiger partial charge in [-0.05, 0) is 54.8 Å². The summed E-state index contributed by atoms with van der Waals surface area (Å²) in [5, 5.41) is 4.31. The van der Waals surface area contributed by atoms with E-state index in [1.807, 2.05) is 43.3 Å². The van der Waals surface area contributed by atoms with Crippen molar-refractivity contribution in [2.24, 2.45) is 0 Å². The molecule has 2 rings (SSSR count). The van der Waals surface area contributed by atoms with E-state index in [0.29, 0.717) is 41.7 Å². The summed E-state index contributed by atoms with van der Waals surface area (Å²) in [7, 11) is 0. The molecule has 0 saturated carbocycles. The van der Waals surface area contributed by atoms with E-state index in [9.17, 15) is 9.59 Å². The van der Waals surface area contributed by atoms with Crippen LogP contribution in [-0.4, -0.2) is 35.1 Å². The molecular formula is C24H30Cl2N2O2S. The molecule has 168 valence electrons. The van der Waals surface area contributed by atoms with Gasteiger partial charge in [-0.15, -0.1) is 11.8 Å². The van der Waals surface area contributed by atoms with Gasteiger partial charge in [-0.3, -0.25) is 9.59 Å². The molecule has 2 aromatic rings. The fourth-order valence-corrected chi connectivity index (χ4v) is 4.24. The Labute approximate surface area is 199 Å². The van der Waals surface area contributed by atoms with Crippen LogP contribution in [0, 0.1) is 0 Å². The summed E-state index contributed by atoms with van der Waals surface area (Å²) in [6, 6.07) is 14.5. The van der Waals surface area contributed by atoms with Crippen molar-refractivity contribution in [3.05, 3.63) is 64.1 Å². The molecule has 4 nitrogen and oxygen atoms in total. The Morgan fingerprint density at radius 2 is 1.61 bits per heavy atom. The number of hydrogen-bond donors (Lipinski definition) is 1. The van der Waals surface area contributed by atoms with E-state index in [-0.39, 0.29) is 11.8 Å². The van der Waals surface area contributed by atoms with Gasteiger partial charge in [0.15, 0.2) is 0 Å². The Balaban J connectivity index is 2.08. The molecule has 31 heavy (non-hydrogen) atoms. The first-order chi connectivity index (χ1) is 14.9. The molecule has 0 fully saturated rings. The van der Waals surface area contributed by atoms with Crippen LogP contribution in [0.5, 0.6) is 0 Å². The normalized spacial score (nSPS) is 11.7. The van der Waals surface area contributed by atoms with E-state index in [1.54, 1.807) is 28.8 Å². The van der Waals surface area contributed by atoms with E-state index in [4.69, 9.17) is 23.2 Å². The van der Waals surface area contributed by atoms with Crippen LogP contribution in [0.25, 0.3) is 0 Å². The molecular weight excluding hydrogens is 451 g/mol. The summed E-state index contributed by atoms with van der Waals surface area (Å²) in [6.07, 6.45) is 2.83. The first kappa shape index (κ1) is 25.6. The second-order valence-corrected chi connectivity index (χ2v) is 9.31. The molecule has 0 saturated heterocycles. The fourth-order valence-electron chi connectivity index (χ4n) is 3.14. The van der Waals surface area contributed by atoms with Crippen LogP contribution < -0.4 is 5.32 Å². The van der Waals surface area contributed by atoms with Crippen LogP contribution in [0.1, 0.15) is 45.1 Å². The Bertz CT molecular complexity index is 828. The fraction of sp³-hybridized carbons (Fsp3) is 0.417. The van der Waals surface area contributed by atoms with E-state index >= 15 is 0 Å². The number of thioether (sulfide) groups is 1. The molecule has 0 aliphatic carbocycles. The van der Waals surface area contributed by atoms with Crippen molar-refractivity contribution in [2.75, 3.05) is 12.3 Å². The zero-order valence-electron chi connectivity index (χ0n) is 18.1. The molecule has 0 radical (unpaired) electrons. The zero-order valence-corrected chi connectivity index (χ0v) is 20.4. The molecule has 2 aromatic carbocycles. The predicted octanol–water partition coefficient (Wildman–Crippen LogP) is 6.20. The lowest BCUT2D eigenvalue weighted by Gasteiger charge is -2.30. The highest BCUT2D eigenvalue weighted by atomic mass is 35.5. The van der Waals surface area contributed by atoms with Crippen molar-refractivity contribution >= 4 is 46.8 Å². The minimum atomic E-state index is -0.499. The smallest absolute Gasteiger partial charge is 0.242 e. The number of carbonyl (C=O) groups is 2. The number of unbranched alkanes of at least 4 members (excludes halogenated alkanes) is 1. The lowest BCUT2D eigenvalue weighted by Crippen LogP contribution is -2.49. The van der Waals surface area contributed by atoms with Crippen LogP contribution in [0.4, 0.5) is 0 Å². The molecule has 7 heteroatoms. The van der Waals surface area contributed by atoms with Gasteiger partial charge in [0.1, 0.15) is 6.04 Å². The van der Waals surface area contributed by atoms with Crippen LogP contribution in [0.15, 0.2) is 53.4 Å². The number of hydrogen-bond acceptors (Lipinski definition) is 3. The number of nitrogens with zero attached hydrogens (tertiary/aromatic N) is 1. The maximum atomic E-state index is 13.2. The number of halogens is 2. The third-order valence-electron chi connectivity index (χ3n) is 4.88. The maximum absolute atomic E-state index is 13.2. The first-order valence-corrected chi connectivity index (χ1v) is 12.4. The van der Waals surface area contributed by atoms with Gasteiger partial charge in [-0.1, -0.05) is 55.6 Å². The number of nitrogens with one attached hydrogen (secondary N) is 1. The number of carbonyl (C=O) groups excluding carboxylic acids is 2. The summed E-state index contributed by atoms with van der Waals surface area (Å²) in [5.74, 6) is 0.503. The molecule has 1 atom stereocenters. The van der Waals surface area contributed by atoms with Gasteiger partial charge >= 0.3 is 0 Å². The summed E-state index contributed by atoms with van der Waals surface area (Å²) < 4.78 is 0. The van der Waals surface area contributed by atoms with E-state index in [1.165, 1.54) is 0 Å². The molecule has 0 bridgehead atoms. The van der Waals surface area contributed by atoms with Gasteiger partial charge in [0, 0.05) is 40.2 Å². The van der Waals surface area contributed by atoms with E-state index < -0.39 is 6.04 Å². The second kappa shape index (κ2) is 13.7. The number of amides is 2. The van der Waals surface area contributed by atoms with Gasteiger partial charge in [0.25, 0.3) is 0 Å². The lowest BCUT2D eigenvalue weighted by atomic mass is 10.1. The van der Waals surface area contributed by atoms with E-state index in [0.717, 1.165) is 23.3 Å². The summed E-state index contributed by atoms with van der Waals surface area (Å²) in [5.41, 5.74) is 0.947. The SMILES string of the molecule is CCCCNC(=O)[C@H](CC)N(Cc1ccc(Cl)cc1)C(=O)CCSc1ccc(Cl)cc1. The van der Waals surface area contributed by atoms with Crippen LogP contribution in [0.2, 0.25) is 10.0 Å². The first-order valence-electron chi connectivity index (χ1n) is 10.6. The van der Waals surface area contributed by atoms with Crippen molar-refractivity contribution in [3.8, 4) is 0 Å². The molecule has 0 unspecified atom stereocenters. The zero-order chi connectivity index (χ0) is 22.6. The van der Waals surface area contributed by atoms with Crippen molar-refractivity contribution in [3.63, 3.8) is 0 Å². The highest BCUT2D eigenvalue weighted by molar-refractivity contribution is 7.99. The van der Waals surface area contributed by atoms with Gasteiger partial charge in [0.05, 0.1) is 0 Å². The summed E-state index contributed by atoms with van der Waals surface area (Å²) >= 11 is 13.5. The largest absolute Gasteiger partial charge is 0.354 e.